The molecule has 2 heterocycles. The molecule has 1 fully saturated rings. The number of nitrogens with one attached hydrogen (secondary N) is 3. The molecular formula is C24H29N5O. The van der Waals surface area contributed by atoms with Crippen molar-refractivity contribution < 1.29 is 4.79 Å². The van der Waals surface area contributed by atoms with Crippen LogP contribution in [0, 0.1) is 33.6 Å². The van der Waals surface area contributed by atoms with Crippen LogP contribution in [0.1, 0.15) is 34.9 Å². The van der Waals surface area contributed by atoms with E-state index in [0.29, 0.717) is 12.4 Å². The molecule has 0 bridgehead atoms. The van der Waals surface area contributed by atoms with Gasteiger partial charge in [-0.15, -0.1) is 0 Å². The van der Waals surface area contributed by atoms with Gasteiger partial charge in [-0.1, -0.05) is 29.8 Å². The molecule has 3 unspecified atom stereocenters. The van der Waals surface area contributed by atoms with Crippen LogP contribution in [-0.4, -0.2) is 28.2 Å². The van der Waals surface area contributed by atoms with Gasteiger partial charge in [-0.2, -0.15) is 0 Å². The predicted molar refractivity (Wildman–Crippen MR) is 120 cm³/mol. The number of carbonyl (C=O) groups is 1. The normalized spacial score (nSPS) is 21.5. The molecule has 1 saturated heterocycles. The van der Waals surface area contributed by atoms with Crippen LogP contribution in [0.25, 0.3) is 10.9 Å². The standard InChI is InChI=1S/C24H29N5O/c1-13-6-8-18(9-7-13)12-20-17(5)26-24(28-22(20)30)29-23-25-16(4)19-10-14(2)15(3)11-21(19)27-23/h6-11,17,20,24,26H,12H2,1-5H3,(H,28,30)(H,25,27,29). The highest BCUT2D eigenvalue weighted by Crippen LogP contribution is 2.22. The summed E-state index contributed by atoms with van der Waals surface area (Å²) in [5.41, 5.74) is 6.63. The lowest BCUT2D eigenvalue weighted by molar-refractivity contribution is -0.128. The fourth-order valence-electron chi connectivity index (χ4n) is 3.96. The topological polar surface area (TPSA) is 78.9 Å². The third-order valence-electron chi connectivity index (χ3n) is 6.01. The Morgan fingerprint density at radius 3 is 2.40 bits per heavy atom. The molecule has 0 spiro atoms. The Bertz CT molecular complexity index is 1090. The Kier molecular flexibility index (Phi) is 5.43. The average molecular weight is 404 g/mol. The second kappa shape index (κ2) is 8.03. The van der Waals surface area contributed by atoms with Gasteiger partial charge in [-0.25, -0.2) is 9.97 Å². The zero-order chi connectivity index (χ0) is 21.4. The fourth-order valence-corrected chi connectivity index (χ4v) is 3.96. The molecule has 3 aromatic rings. The number of fused-ring (bicyclic) bond motifs is 1. The number of hydrogen-bond donors (Lipinski definition) is 3. The minimum Gasteiger partial charge on any atom is -0.323 e. The SMILES string of the molecule is Cc1ccc(CC2C(=O)NC(Nc3nc(C)c4cc(C)c(C)cc4n3)NC2C)cc1. The smallest absolute Gasteiger partial charge is 0.227 e. The Morgan fingerprint density at radius 2 is 1.70 bits per heavy atom. The van der Waals surface area contributed by atoms with Crippen LogP contribution in [0.3, 0.4) is 0 Å². The number of amides is 1. The molecule has 3 atom stereocenters. The van der Waals surface area contributed by atoms with Gasteiger partial charge in [0.2, 0.25) is 11.9 Å². The van der Waals surface area contributed by atoms with Crippen molar-refractivity contribution in [3.63, 3.8) is 0 Å². The van der Waals surface area contributed by atoms with E-state index in [1.807, 2.05) is 13.8 Å². The third kappa shape index (κ3) is 4.14. The summed E-state index contributed by atoms with van der Waals surface area (Å²) < 4.78 is 0. The average Bonchev–Trinajstić information content (AvgIpc) is 2.68. The molecule has 4 rings (SSSR count). The van der Waals surface area contributed by atoms with Crippen LogP contribution in [-0.2, 0) is 11.2 Å². The van der Waals surface area contributed by atoms with Crippen molar-refractivity contribution in [1.29, 1.82) is 0 Å². The van der Waals surface area contributed by atoms with E-state index in [1.54, 1.807) is 0 Å². The van der Waals surface area contributed by atoms with Crippen molar-refractivity contribution in [2.75, 3.05) is 5.32 Å². The highest BCUT2D eigenvalue weighted by Gasteiger charge is 2.33. The quantitative estimate of drug-likeness (QED) is 0.621. The van der Waals surface area contributed by atoms with E-state index in [1.165, 1.54) is 22.3 Å². The molecule has 1 aliphatic rings. The summed E-state index contributed by atoms with van der Waals surface area (Å²) in [6.07, 6.45) is 0.294. The van der Waals surface area contributed by atoms with E-state index in [0.717, 1.165) is 16.6 Å². The second-order valence-electron chi connectivity index (χ2n) is 8.42. The minimum atomic E-state index is -0.412. The molecule has 156 valence electrons. The molecule has 30 heavy (non-hydrogen) atoms. The molecule has 1 aromatic heterocycles. The predicted octanol–water partition coefficient (Wildman–Crippen LogP) is 3.53. The Balaban J connectivity index is 1.48. The third-order valence-corrected chi connectivity index (χ3v) is 6.01. The van der Waals surface area contributed by atoms with Crippen LogP contribution >= 0.6 is 0 Å². The van der Waals surface area contributed by atoms with Crippen LogP contribution in [0.4, 0.5) is 5.95 Å². The summed E-state index contributed by atoms with van der Waals surface area (Å²) in [6.45, 7) is 10.3. The molecule has 0 radical (unpaired) electrons. The van der Waals surface area contributed by atoms with E-state index in [4.69, 9.17) is 0 Å². The first-order chi connectivity index (χ1) is 14.3. The number of rotatable bonds is 4. The van der Waals surface area contributed by atoms with Gasteiger partial charge >= 0.3 is 0 Å². The van der Waals surface area contributed by atoms with E-state index >= 15 is 0 Å². The molecule has 1 amide bonds. The van der Waals surface area contributed by atoms with Gasteiger partial charge in [0.05, 0.1) is 17.1 Å². The van der Waals surface area contributed by atoms with Gasteiger partial charge in [-0.3, -0.25) is 10.1 Å². The number of aromatic nitrogens is 2. The van der Waals surface area contributed by atoms with Crippen LogP contribution in [0.2, 0.25) is 0 Å². The molecule has 0 saturated carbocycles. The molecule has 0 aliphatic carbocycles. The first-order valence-corrected chi connectivity index (χ1v) is 10.4. The Labute approximate surface area is 177 Å². The fraction of sp³-hybridized carbons (Fsp3) is 0.375. The lowest BCUT2D eigenvalue weighted by Crippen LogP contribution is -2.63. The molecule has 6 heteroatoms. The van der Waals surface area contributed by atoms with Crippen molar-refractivity contribution in [3.8, 4) is 0 Å². The maximum absolute atomic E-state index is 12.8. The highest BCUT2D eigenvalue weighted by molar-refractivity contribution is 5.84. The molecular weight excluding hydrogens is 374 g/mol. The Morgan fingerprint density at radius 1 is 1.00 bits per heavy atom. The van der Waals surface area contributed by atoms with E-state index in [9.17, 15) is 4.79 Å². The van der Waals surface area contributed by atoms with Crippen LogP contribution < -0.4 is 16.0 Å². The summed E-state index contributed by atoms with van der Waals surface area (Å²) in [5, 5.41) is 10.8. The largest absolute Gasteiger partial charge is 0.323 e. The number of nitrogens with zero attached hydrogens (tertiary/aromatic N) is 2. The van der Waals surface area contributed by atoms with Gasteiger partial charge in [0.25, 0.3) is 0 Å². The number of benzene rings is 2. The zero-order valence-corrected chi connectivity index (χ0v) is 18.2. The summed E-state index contributed by atoms with van der Waals surface area (Å²) in [6, 6.07) is 12.6. The van der Waals surface area contributed by atoms with E-state index in [-0.39, 0.29) is 17.9 Å². The zero-order valence-electron chi connectivity index (χ0n) is 18.2. The van der Waals surface area contributed by atoms with Gasteiger partial charge in [0.1, 0.15) is 0 Å². The summed E-state index contributed by atoms with van der Waals surface area (Å²) in [4.78, 5) is 22.1. The van der Waals surface area contributed by atoms with E-state index < -0.39 is 6.29 Å². The Hall–Kier alpha value is -2.99. The number of carbonyl (C=O) groups excluding carboxylic acids is 1. The van der Waals surface area contributed by atoms with Gasteiger partial charge in [0.15, 0.2) is 6.29 Å². The highest BCUT2D eigenvalue weighted by atomic mass is 16.2. The molecule has 1 aliphatic heterocycles. The van der Waals surface area contributed by atoms with Gasteiger partial charge in [-0.05, 0) is 69.9 Å². The van der Waals surface area contributed by atoms with Crippen molar-refractivity contribution in [1.82, 2.24) is 20.6 Å². The van der Waals surface area contributed by atoms with Crippen molar-refractivity contribution in [2.24, 2.45) is 5.92 Å². The van der Waals surface area contributed by atoms with Crippen LogP contribution in [0.15, 0.2) is 36.4 Å². The molecule has 3 N–H and O–H groups in total. The number of aryl methyl sites for hydroxylation is 4. The number of anilines is 1. The maximum Gasteiger partial charge on any atom is 0.227 e. The van der Waals surface area contributed by atoms with Crippen molar-refractivity contribution in [3.05, 3.63) is 64.3 Å². The molecule has 2 aromatic carbocycles. The summed E-state index contributed by atoms with van der Waals surface area (Å²) in [7, 11) is 0. The maximum atomic E-state index is 12.8. The van der Waals surface area contributed by atoms with E-state index in [2.05, 4.69) is 83.1 Å². The second-order valence-corrected chi connectivity index (χ2v) is 8.42. The number of hydrogen-bond acceptors (Lipinski definition) is 5. The monoisotopic (exact) mass is 403 g/mol. The molecule has 6 nitrogen and oxygen atoms in total. The minimum absolute atomic E-state index is 0.0176. The van der Waals surface area contributed by atoms with Gasteiger partial charge < -0.3 is 10.6 Å². The van der Waals surface area contributed by atoms with Crippen LogP contribution in [0.5, 0.6) is 0 Å². The van der Waals surface area contributed by atoms with Crippen molar-refractivity contribution >= 4 is 22.8 Å². The first-order valence-electron chi connectivity index (χ1n) is 10.4. The lowest BCUT2D eigenvalue weighted by atomic mass is 9.90. The van der Waals surface area contributed by atoms with Crippen molar-refractivity contribution in [2.45, 2.75) is 53.4 Å². The first kappa shape index (κ1) is 20.3. The summed E-state index contributed by atoms with van der Waals surface area (Å²) in [5.74, 6) is 0.407. The summed E-state index contributed by atoms with van der Waals surface area (Å²) >= 11 is 0. The lowest BCUT2D eigenvalue weighted by Gasteiger charge is -2.36. The van der Waals surface area contributed by atoms with Gasteiger partial charge in [0, 0.05) is 11.4 Å².